The molecule has 1 aliphatic heterocycles. The molecule has 1 fully saturated rings. The van der Waals surface area contributed by atoms with Crippen molar-refractivity contribution in [1.29, 1.82) is 0 Å². The zero-order valence-electron chi connectivity index (χ0n) is 18.7. The summed E-state index contributed by atoms with van der Waals surface area (Å²) in [7, 11) is 0. The quantitative estimate of drug-likeness (QED) is 0.322. The first-order chi connectivity index (χ1) is 17.0. The van der Waals surface area contributed by atoms with Gasteiger partial charge in [-0.25, -0.2) is 0 Å². The van der Waals surface area contributed by atoms with Crippen LogP contribution in [0.25, 0.3) is 10.9 Å². The predicted octanol–water partition coefficient (Wildman–Crippen LogP) is 5.51. The van der Waals surface area contributed by atoms with Gasteiger partial charge in [0.1, 0.15) is 6.04 Å². The average molecular weight is 507 g/mol. The van der Waals surface area contributed by atoms with Crippen molar-refractivity contribution in [3.05, 3.63) is 81.6 Å². The molecule has 7 nitrogen and oxygen atoms in total. The van der Waals surface area contributed by atoms with Crippen LogP contribution < -0.4 is 15.5 Å². The Morgan fingerprint density at radius 3 is 2.66 bits per heavy atom. The molecule has 0 spiro atoms. The van der Waals surface area contributed by atoms with Crippen molar-refractivity contribution in [3.63, 3.8) is 0 Å². The number of thiophene rings is 1. The summed E-state index contributed by atoms with van der Waals surface area (Å²) in [4.78, 5) is 44.0. The molecule has 2 aromatic heterocycles. The fraction of sp³-hybridized carbons (Fsp3) is 0.192. The van der Waals surface area contributed by atoms with Crippen LogP contribution in [-0.2, 0) is 9.59 Å². The summed E-state index contributed by atoms with van der Waals surface area (Å²) in [6.45, 7) is 0.706. The molecule has 5 rings (SSSR count). The minimum atomic E-state index is -0.867. The summed E-state index contributed by atoms with van der Waals surface area (Å²) in [6, 6.07) is 15.1. The molecule has 3 N–H and O–H groups in total. The molecule has 0 saturated carbocycles. The number of aromatic nitrogens is 1. The van der Waals surface area contributed by atoms with Gasteiger partial charge in [-0.05, 0) is 60.7 Å². The normalized spacial score (nSPS) is 14.7. The maximum Gasteiger partial charge on any atom is 0.252 e. The first-order valence-corrected chi connectivity index (χ1v) is 12.6. The van der Waals surface area contributed by atoms with Gasteiger partial charge in [-0.3, -0.25) is 14.4 Å². The molecule has 1 unspecified atom stereocenters. The number of anilines is 2. The first kappa shape index (κ1) is 23.1. The number of hydrogen-bond donors (Lipinski definition) is 3. The number of nitrogens with one attached hydrogen (secondary N) is 3. The third-order valence-electron chi connectivity index (χ3n) is 6.03. The van der Waals surface area contributed by atoms with Gasteiger partial charge in [-0.15, -0.1) is 11.3 Å². The SMILES string of the molecule is O=C(NC(C(=O)Nc1ccc(N2CCCCC2=O)cc1)c1cccs1)c1ccc2c(Cl)c[nH]c2c1. The maximum atomic E-state index is 13.2. The van der Waals surface area contributed by atoms with E-state index in [4.69, 9.17) is 11.6 Å². The molecular formula is C26H23ClN4O3S. The second-order valence-corrected chi connectivity index (χ2v) is 9.74. The summed E-state index contributed by atoms with van der Waals surface area (Å²) in [5, 5.41) is 9.01. The Balaban J connectivity index is 1.32. The van der Waals surface area contributed by atoms with Crippen LogP contribution in [-0.4, -0.2) is 29.3 Å². The second kappa shape index (κ2) is 9.93. The van der Waals surface area contributed by atoms with E-state index in [9.17, 15) is 14.4 Å². The highest BCUT2D eigenvalue weighted by molar-refractivity contribution is 7.10. The zero-order chi connectivity index (χ0) is 24.4. The zero-order valence-corrected chi connectivity index (χ0v) is 20.3. The summed E-state index contributed by atoms with van der Waals surface area (Å²) < 4.78 is 0. The van der Waals surface area contributed by atoms with E-state index in [2.05, 4.69) is 15.6 Å². The molecule has 1 aliphatic rings. The lowest BCUT2D eigenvalue weighted by molar-refractivity contribution is -0.119. The smallest absolute Gasteiger partial charge is 0.252 e. The molecule has 178 valence electrons. The van der Waals surface area contributed by atoms with Crippen LogP contribution in [0.4, 0.5) is 11.4 Å². The summed E-state index contributed by atoms with van der Waals surface area (Å²) >= 11 is 7.52. The monoisotopic (exact) mass is 506 g/mol. The Morgan fingerprint density at radius 2 is 1.91 bits per heavy atom. The molecule has 4 aromatic rings. The van der Waals surface area contributed by atoms with Gasteiger partial charge in [0.25, 0.3) is 11.8 Å². The van der Waals surface area contributed by atoms with Gasteiger partial charge in [-0.2, -0.15) is 0 Å². The number of fused-ring (bicyclic) bond motifs is 1. The second-order valence-electron chi connectivity index (χ2n) is 8.36. The minimum Gasteiger partial charge on any atom is -0.360 e. The van der Waals surface area contributed by atoms with Crippen LogP contribution in [0, 0.1) is 0 Å². The van der Waals surface area contributed by atoms with Crippen molar-refractivity contribution in [3.8, 4) is 0 Å². The predicted molar refractivity (Wildman–Crippen MR) is 139 cm³/mol. The fourth-order valence-corrected chi connectivity index (χ4v) is 5.18. The molecule has 9 heteroatoms. The number of halogens is 1. The van der Waals surface area contributed by atoms with E-state index in [-0.39, 0.29) is 17.7 Å². The molecular weight excluding hydrogens is 484 g/mol. The van der Waals surface area contributed by atoms with Crippen LogP contribution in [0.15, 0.2) is 66.2 Å². The van der Waals surface area contributed by atoms with Crippen molar-refractivity contribution < 1.29 is 14.4 Å². The molecule has 1 saturated heterocycles. The van der Waals surface area contributed by atoms with Crippen LogP contribution in [0.2, 0.25) is 5.02 Å². The summed E-state index contributed by atoms with van der Waals surface area (Å²) in [5.74, 6) is -0.606. The molecule has 3 amide bonds. The topological polar surface area (TPSA) is 94.3 Å². The number of hydrogen-bond acceptors (Lipinski definition) is 4. The summed E-state index contributed by atoms with van der Waals surface area (Å²) in [5.41, 5.74) is 2.56. The molecule has 1 atom stereocenters. The largest absolute Gasteiger partial charge is 0.360 e. The Hall–Kier alpha value is -3.62. The number of benzene rings is 2. The van der Waals surface area contributed by atoms with Crippen molar-refractivity contribution in [1.82, 2.24) is 10.3 Å². The van der Waals surface area contributed by atoms with Gasteiger partial charge >= 0.3 is 0 Å². The van der Waals surface area contributed by atoms with E-state index in [1.54, 1.807) is 41.4 Å². The Morgan fingerprint density at radius 1 is 1.09 bits per heavy atom. The molecule has 2 aromatic carbocycles. The Kier molecular flexibility index (Phi) is 6.57. The lowest BCUT2D eigenvalue weighted by Gasteiger charge is -2.27. The van der Waals surface area contributed by atoms with E-state index >= 15 is 0 Å². The van der Waals surface area contributed by atoms with Gasteiger partial charge < -0.3 is 20.5 Å². The van der Waals surface area contributed by atoms with Crippen LogP contribution in [0.3, 0.4) is 0 Å². The molecule has 3 heterocycles. The fourth-order valence-electron chi connectivity index (χ4n) is 4.19. The Bertz CT molecular complexity index is 1380. The van der Waals surface area contributed by atoms with E-state index < -0.39 is 6.04 Å². The van der Waals surface area contributed by atoms with Gasteiger partial charge in [0, 0.05) is 51.9 Å². The molecule has 0 radical (unpaired) electrons. The highest BCUT2D eigenvalue weighted by Crippen LogP contribution is 2.26. The highest BCUT2D eigenvalue weighted by Gasteiger charge is 2.25. The number of carbonyl (C=O) groups is 3. The standard InChI is InChI=1S/C26H23ClN4O3S/c27-20-15-28-21-14-16(6-11-19(20)21)25(33)30-24(22-4-3-13-35-22)26(34)29-17-7-9-18(10-8-17)31-12-2-1-5-23(31)32/h3-4,6-11,13-15,24,28H,1-2,5,12H2,(H,29,34)(H,30,33). The number of rotatable bonds is 6. The van der Waals surface area contributed by atoms with Crippen molar-refractivity contribution in [2.24, 2.45) is 0 Å². The third-order valence-corrected chi connectivity index (χ3v) is 7.28. The average Bonchev–Trinajstić information content (AvgIpc) is 3.53. The van der Waals surface area contributed by atoms with Gasteiger partial charge in [0.15, 0.2) is 0 Å². The lowest BCUT2D eigenvalue weighted by atomic mass is 10.1. The van der Waals surface area contributed by atoms with E-state index in [1.807, 2.05) is 29.6 Å². The van der Waals surface area contributed by atoms with Crippen molar-refractivity contribution in [2.75, 3.05) is 16.8 Å². The van der Waals surface area contributed by atoms with E-state index in [0.29, 0.717) is 29.2 Å². The first-order valence-electron chi connectivity index (χ1n) is 11.3. The number of aromatic amines is 1. The van der Waals surface area contributed by atoms with E-state index in [1.165, 1.54) is 11.3 Å². The molecule has 0 aliphatic carbocycles. The molecule has 0 bridgehead atoms. The van der Waals surface area contributed by atoms with Crippen molar-refractivity contribution in [2.45, 2.75) is 25.3 Å². The third kappa shape index (κ3) is 4.94. The number of carbonyl (C=O) groups excluding carboxylic acids is 3. The Labute approximate surface area is 211 Å². The summed E-state index contributed by atoms with van der Waals surface area (Å²) in [6.07, 6.45) is 4.13. The lowest BCUT2D eigenvalue weighted by Crippen LogP contribution is -2.36. The van der Waals surface area contributed by atoms with Gasteiger partial charge in [0.05, 0.1) is 5.02 Å². The van der Waals surface area contributed by atoms with Gasteiger partial charge in [0.2, 0.25) is 5.91 Å². The van der Waals surface area contributed by atoms with Crippen molar-refractivity contribution >= 4 is 62.9 Å². The van der Waals surface area contributed by atoms with E-state index in [0.717, 1.165) is 34.3 Å². The van der Waals surface area contributed by atoms with Crippen LogP contribution >= 0.6 is 22.9 Å². The number of amides is 3. The molecule has 35 heavy (non-hydrogen) atoms. The highest BCUT2D eigenvalue weighted by atomic mass is 35.5. The van der Waals surface area contributed by atoms with Gasteiger partial charge in [-0.1, -0.05) is 23.7 Å². The number of H-pyrrole nitrogens is 1. The maximum absolute atomic E-state index is 13.2. The van der Waals surface area contributed by atoms with Crippen LogP contribution in [0.1, 0.15) is 40.5 Å². The minimum absolute atomic E-state index is 0.119. The number of nitrogens with zero attached hydrogens (tertiary/aromatic N) is 1. The van der Waals surface area contributed by atoms with Crippen LogP contribution in [0.5, 0.6) is 0 Å². The number of piperidine rings is 1.